The first-order chi connectivity index (χ1) is 12.6. The lowest BCUT2D eigenvalue weighted by Crippen LogP contribution is -2.38. The van der Waals surface area contributed by atoms with Gasteiger partial charge in [-0.3, -0.25) is 9.67 Å². The smallest absolute Gasteiger partial charge is 0.191 e. The van der Waals surface area contributed by atoms with Crippen molar-refractivity contribution in [2.75, 3.05) is 26.7 Å². The van der Waals surface area contributed by atoms with Crippen LogP contribution in [0.2, 0.25) is 0 Å². The fourth-order valence-corrected chi connectivity index (χ4v) is 2.84. The third kappa shape index (κ3) is 8.19. The molecule has 2 rings (SSSR count). The van der Waals surface area contributed by atoms with Crippen molar-refractivity contribution in [3.63, 3.8) is 0 Å². The first kappa shape index (κ1) is 23.3. The monoisotopic (exact) mass is 485 g/mol. The average Bonchev–Trinajstić information content (AvgIpc) is 3.04. The van der Waals surface area contributed by atoms with Crippen LogP contribution < -0.4 is 15.4 Å². The standard InChI is InChI=1S/C20H31N5O.HI/c1-5-21-20(22-11-6-7-17-14-24-25(3)15-17)23-12-10-18-13-16(2)8-9-19(18)26-4;/h8-9,13-15H,5-7,10-12H2,1-4H3,(H2,21,22,23);1H. The molecular formula is C20H32IN5O. The number of ether oxygens (including phenoxy) is 1. The van der Waals surface area contributed by atoms with Crippen LogP contribution in [0.4, 0.5) is 0 Å². The number of nitrogens with zero attached hydrogens (tertiary/aromatic N) is 3. The van der Waals surface area contributed by atoms with Crippen LogP contribution in [0.25, 0.3) is 0 Å². The largest absolute Gasteiger partial charge is 0.496 e. The van der Waals surface area contributed by atoms with Gasteiger partial charge < -0.3 is 15.4 Å². The Morgan fingerprint density at radius 3 is 2.74 bits per heavy atom. The fraction of sp³-hybridized carbons (Fsp3) is 0.500. The van der Waals surface area contributed by atoms with Gasteiger partial charge in [0.1, 0.15) is 5.75 Å². The third-order valence-corrected chi connectivity index (χ3v) is 4.12. The second-order valence-electron chi connectivity index (χ2n) is 6.38. The van der Waals surface area contributed by atoms with E-state index >= 15 is 0 Å². The molecule has 27 heavy (non-hydrogen) atoms. The molecule has 1 aromatic heterocycles. The summed E-state index contributed by atoms with van der Waals surface area (Å²) < 4.78 is 7.29. The Labute approximate surface area is 179 Å². The Morgan fingerprint density at radius 1 is 1.26 bits per heavy atom. The van der Waals surface area contributed by atoms with E-state index in [0.29, 0.717) is 0 Å². The lowest BCUT2D eigenvalue weighted by Gasteiger charge is -2.13. The molecule has 0 saturated heterocycles. The van der Waals surface area contributed by atoms with Crippen LogP contribution in [-0.4, -0.2) is 42.5 Å². The highest BCUT2D eigenvalue weighted by molar-refractivity contribution is 14.0. The lowest BCUT2D eigenvalue weighted by molar-refractivity contribution is 0.409. The highest BCUT2D eigenvalue weighted by atomic mass is 127. The maximum atomic E-state index is 5.45. The molecule has 6 nitrogen and oxygen atoms in total. The van der Waals surface area contributed by atoms with Gasteiger partial charge in [-0.2, -0.15) is 5.10 Å². The number of benzene rings is 1. The van der Waals surface area contributed by atoms with Gasteiger partial charge in [-0.25, -0.2) is 0 Å². The molecule has 1 aromatic carbocycles. The van der Waals surface area contributed by atoms with E-state index in [4.69, 9.17) is 4.74 Å². The molecule has 0 aliphatic carbocycles. The van der Waals surface area contributed by atoms with Crippen molar-refractivity contribution in [3.05, 3.63) is 47.3 Å². The van der Waals surface area contributed by atoms with Crippen LogP contribution in [0.5, 0.6) is 5.75 Å². The molecule has 0 unspecified atom stereocenters. The third-order valence-electron chi connectivity index (χ3n) is 4.12. The first-order valence-electron chi connectivity index (χ1n) is 9.25. The summed E-state index contributed by atoms with van der Waals surface area (Å²) in [4.78, 5) is 4.66. The minimum atomic E-state index is 0. The van der Waals surface area contributed by atoms with Crippen molar-refractivity contribution in [1.82, 2.24) is 20.4 Å². The van der Waals surface area contributed by atoms with Crippen LogP contribution in [0.1, 0.15) is 30.0 Å². The van der Waals surface area contributed by atoms with Crippen LogP contribution in [-0.2, 0) is 19.9 Å². The normalized spacial score (nSPS) is 11.0. The van der Waals surface area contributed by atoms with Gasteiger partial charge in [0.05, 0.1) is 13.3 Å². The number of aliphatic imine (C=N–C) groups is 1. The molecule has 0 aliphatic heterocycles. The van der Waals surface area contributed by atoms with Crippen LogP contribution in [0, 0.1) is 6.92 Å². The van der Waals surface area contributed by atoms with Gasteiger partial charge in [-0.05, 0) is 50.3 Å². The first-order valence-corrected chi connectivity index (χ1v) is 9.25. The predicted molar refractivity (Wildman–Crippen MR) is 122 cm³/mol. The van der Waals surface area contributed by atoms with Crippen LogP contribution in [0.15, 0.2) is 35.6 Å². The topological polar surface area (TPSA) is 63.5 Å². The number of hydrogen-bond donors (Lipinski definition) is 2. The van der Waals surface area contributed by atoms with E-state index in [2.05, 4.69) is 52.9 Å². The molecule has 0 bridgehead atoms. The van der Waals surface area contributed by atoms with E-state index in [9.17, 15) is 0 Å². The van der Waals surface area contributed by atoms with Crippen molar-refractivity contribution < 1.29 is 4.74 Å². The summed E-state index contributed by atoms with van der Waals surface area (Å²) in [5.74, 6) is 1.81. The zero-order chi connectivity index (χ0) is 18.8. The number of rotatable bonds is 9. The van der Waals surface area contributed by atoms with E-state index in [0.717, 1.165) is 50.6 Å². The van der Waals surface area contributed by atoms with Gasteiger partial charge >= 0.3 is 0 Å². The van der Waals surface area contributed by atoms with Gasteiger partial charge in [0, 0.05) is 32.9 Å². The van der Waals surface area contributed by atoms with E-state index in [1.165, 1.54) is 16.7 Å². The number of guanidine groups is 1. The Hall–Kier alpha value is -1.77. The minimum absolute atomic E-state index is 0. The number of nitrogens with one attached hydrogen (secondary N) is 2. The summed E-state index contributed by atoms with van der Waals surface area (Å²) in [6.45, 7) is 6.63. The molecule has 0 aliphatic rings. The Bertz CT molecular complexity index is 714. The Balaban J connectivity index is 0.00000364. The van der Waals surface area contributed by atoms with E-state index in [-0.39, 0.29) is 24.0 Å². The summed E-state index contributed by atoms with van der Waals surface area (Å²) in [5.41, 5.74) is 3.72. The molecule has 1 heterocycles. The van der Waals surface area contributed by atoms with Crippen molar-refractivity contribution >= 4 is 29.9 Å². The van der Waals surface area contributed by atoms with Gasteiger partial charge in [0.15, 0.2) is 5.96 Å². The molecule has 7 heteroatoms. The summed E-state index contributed by atoms with van der Waals surface area (Å²) in [6, 6.07) is 6.28. The minimum Gasteiger partial charge on any atom is -0.496 e. The second-order valence-corrected chi connectivity index (χ2v) is 6.38. The van der Waals surface area contributed by atoms with Gasteiger partial charge in [0.25, 0.3) is 0 Å². The average molecular weight is 485 g/mol. The summed E-state index contributed by atoms with van der Waals surface area (Å²) in [7, 11) is 3.66. The number of aromatic nitrogens is 2. The quantitative estimate of drug-likeness (QED) is 0.248. The maximum Gasteiger partial charge on any atom is 0.191 e. The van der Waals surface area contributed by atoms with Gasteiger partial charge in [-0.1, -0.05) is 17.7 Å². The molecule has 150 valence electrons. The highest BCUT2D eigenvalue weighted by Gasteiger charge is 2.04. The molecule has 0 spiro atoms. The Kier molecular flexibility index (Phi) is 10.8. The maximum absolute atomic E-state index is 5.45. The molecule has 0 fully saturated rings. The summed E-state index contributed by atoms with van der Waals surface area (Å²) in [5, 5.41) is 10.9. The van der Waals surface area contributed by atoms with E-state index < -0.39 is 0 Å². The van der Waals surface area contributed by atoms with Gasteiger partial charge in [-0.15, -0.1) is 24.0 Å². The predicted octanol–water partition coefficient (Wildman–Crippen LogP) is 3.09. The summed E-state index contributed by atoms with van der Waals surface area (Å²) in [6.07, 6.45) is 6.88. The van der Waals surface area contributed by atoms with E-state index in [1.54, 1.807) is 7.11 Å². The van der Waals surface area contributed by atoms with Crippen LogP contribution in [0.3, 0.4) is 0 Å². The zero-order valence-electron chi connectivity index (χ0n) is 16.8. The van der Waals surface area contributed by atoms with Gasteiger partial charge in [0.2, 0.25) is 0 Å². The van der Waals surface area contributed by atoms with Crippen molar-refractivity contribution in [2.45, 2.75) is 33.1 Å². The fourth-order valence-electron chi connectivity index (χ4n) is 2.84. The molecule has 2 aromatic rings. The van der Waals surface area contributed by atoms with E-state index in [1.807, 2.05) is 24.0 Å². The number of methoxy groups -OCH3 is 1. The van der Waals surface area contributed by atoms with Crippen molar-refractivity contribution in [3.8, 4) is 5.75 Å². The number of halogens is 1. The molecule has 0 amide bonds. The summed E-state index contributed by atoms with van der Waals surface area (Å²) >= 11 is 0. The molecule has 0 radical (unpaired) electrons. The van der Waals surface area contributed by atoms with Crippen molar-refractivity contribution in [1.29, 1.82) is 0 Å². The molecule has 0 saturated carbocycles. The van der Waals surface area contributed by atoms with Crippen LogP contribution >= 0.6 is 24.0 Å². The zero-order valence-corrected chi connectivity index (χ0v) is 19.1. The molecule has 0 atom stereocenters. The number of aryl methyl sites for hydroxylation is 3. The SMILES string of the molecule is CCNC(=NCCCc1cnn(C)c1)NCCc1cc(C)ccc1OC.I. The van der Waals surface area contributed by atoms with Crippen molar-refractivity contribution in [2.24, 2.45) is 12.0 Å². The molecule has 2 N–H and O–H groups in total. The Morgan fingerprint density at radius 2 is 2.07 bits per heavy atom. The highest BCUT2D eigenvalue weighted by Crippen LogP contribution is 2.19. The number of hydrogen-bond acceptors (Lipinski definition) is 3. The molecular weight excluding hydrogens is 453 g/mol. The lowest BCUT2D eigenvalue weighted by atomic mass is 10.1. The second kappa shape index (κ2) is 12.6.